The Morgan fingerprint density at radius 2 is 1.96 bits per heavy atom. The molecular weight excluding hydrogens is 352 g/mol. The summed E-state index contributed by atoms with van der Waals surface area (Å²) in [5.41, 5.74) is 4.77. The van der Waals surface area contributed by atoms with E-state index in [1.165, 1.54) is 5.56 Å². The summed E-state index contributed by atoms with van der Waals surface area (Å²) in [5.74, 6) is 1.18. The summed E-state index contributed by atoms with van der Waals surface area (Å²) in [6.07, 6.45) is 4.13. The number of oxazole rings is 1. The molecule has 0 radical (unpaired) electrons. The number of carbonyl (C=O) groups is 1. The standard InChI is InChI=1S/C22H20N4O2/c1-15-5-7-16(8-6-15)20-14-23-22(28-20)10-9-21(27)25-18-4-2-3-17(13-18)19-11-12-24-26-19/h2-8,11-14H,9-10H2,1H3,(H,24,26)(H,25,27). The zero-order valence-corrected chi connectivity index (χ0v) is 15.5. The summed E-state index contributed by atoms with van der Waals surface area (Å²) in [4.78, 5) is 16.6. The van der Waals surface area contributed by atoms with Gasteiger partial charge in [-0.2, -0.15) is 5.10 Å². The number of carbonyl (C=O) groups excluding carboxylic acids is 1. The first kappa shape index (κ1) is 17.7. The Morgan fingerprint density at radius 1 is 1.11 bits per heavy atom. The van der Waals surface area contributed by atoms with Crippen molar-refractivity contribution in [3.8, 4) is 22.6 Å². The molecular formula is C22H20N4O2. The molecule has 6 nitrogen and oxygen atoms in total. The van der Waals surface area contributed by atoms with Crippen molar-refractivity contribution in [1.29, 1.82) is 0 Å². The van der Waals surface area contributed by atoms with E-state index in [0.717, 1.165) is 22.5 Å². The highest BCUT2D eigenvalue weighted by Crippen LogP contribution is 2.22. The normalized spacial score (nSPS) is 10.8. The van der Waals surface area contributed by atoms with Gasteiger partial charge in [-0.15, -0.1) is 0 Å². The summed E-state index contributed by atoms with van der Waals surface area (Å²) in [6.45, 7) is 2.04. The molecule has 2 aromatic carbocycles. The Balaban J connectivity index is 1.35. The number of rotatable bonds is 6. The van der Waals surface area contributed by atoms with Gasteiger partial charge in [0.1, 0.15) is 0 Å². The number of anilines is 1. The molecule has 1 amide bonds. The Morgan fingerprint density at radius 3 is 2.75 bits per heavy atom. The van der Waals surface area contributed by atoms with Gasteiger partial charge in [-0.3, -0.25) is 9.89 Å². The molecule has 6 heteroatoms. The third-order valence-electron chi connectivity index (χ3n) is 4.41. The quantitative estimate of drug-likeness (QED) is 0.518. The summed E-state index contributed by atoms with van der Waals surface area (Å²) in [6, 6.07) is 17.6. The lowest BCUT2D eigenvalue weighted by atomic mass is 10.1. The van der Waals surface area contributed by atoms with Crippen LogP contribution in [-0.2, 0) is 11.2 Å². The van der Waals surface area contributed by atoms with Crippen molar-refractivity contribution in [2.75, 3.05) is 5.32 Å². The molecule has 2 N–H and O–H groups in total. The minimum atomic E-state index is -0.0863. The van der Waals surface area contributed by atoms with Crippen LogP contribution >= 0.6 is 0 Å². The summed E-state index contributed by atoms with van der Waals surface area (Å²) >= 11 is 0. The molecule has 0 fully saturated rings. The van der Waals surface area contributed by atoms with Gasteiger partial charge < -0.3 is 9.73 Å². The van der Waals surface area contributed by atoms with Crippen LogP contribution in [0.2, 0.25) is 0 Å². The average molecular weight is 372 g/mol. The summed E-state index contributed by atoms with van der Waals surface area (Å²) in [5, 5.41) is 9.78. The molecule has 0 bridgehead atoms. The maximum absolute atomic E-state index is 12.3. The van der Waals surface area contributed by atoms with Gasteiger partial charge in [0.05, 0.1) is 11.9 Å². The van der Waals surface area contributed by atoms with Crippen LogP contribution in [0.25, 0.3) is 22.6 Å². The molecule has 4 rings (SSSR count). The number of nitrogens with zero attached hydrogens (tertiary/aromatic N) is 2. The number of hydrogen-bond acceptors (Lipinski definition) is 4. The number of aromatic amines is 1. The Labute approximate surface area is 162 Å². The maximum atomic E-state index is 12.3. The lowest BCUT2D eigenvalue weighted by Gasteiger charge is -2.06. The first-order valence-corrected chi connectivity index (χ1v) is 9.09. The third kappa shape index (κ3) is 4.17. The molecule has 2 heterocycles. The Hall–Kier alpha value is -3.67. The molecule has 2 aromatic heterocycles. The average Bonchev–Trinajstić information content (AvgIpc) is 3.40. The fraction of sp³-hybridized carbons (Fsp3) is 0.136. The first-order valence-electron chi connectivity index (χ1n) is 9.09. The molecule has 0 unspecified atom stereocenters. The molecule has 28 heavy (non-hydrogen) atoms. The first-order chi connectivity index (χ1) is 13.7. The van der Waals surface area contributed by atoms with Crippen LogP contribution in [-0.4, -0.2) is 21.1 Å². The molecule has 0 aliphatic carbocycles. The number of nitrogens with one attached hydrogen (secondary N) is 2. The van der Waals surface area contributed by atoms with Gasteiger partial charge >= 0.3 is 0 Å². The van der Waals surface area contributed by atoms with Crippen LogP contribution in [0.15, 0.2) is 71.4 Å². The second kappa shape index (κ2) is 7.92. The molecule has 0 saturated carbocycles. The molecule has 140 valence electrons. The van der Waals surface area contributed by atoms with Crippen molar-refractivity contribution in [3.05, 3.63) is 78.4 Å². The minimum Gasteiger partial charge on any atom is -0.441 e. The van der Waals surface area contributed by atoms with Gasteiger partial charge in [-0.1, -0.05) is 42.0 Å². The highest BCUT2D eigenvalue weighted by atomic mass is 16.4. The number of aryl methyl sites for hydroxylation is 2. The predicted molar refractivity (Wildman–Crippen MR) is 108 cm³/mol. The number of H-pyrrole nitrogens is 1. The highest BCUT2D eigenvalue weighted by Gasteiger charge is 2.10. The van der Waals surface area contributed by atoms with Gasteiger partial charge in [0.15, 0.2) is 11.7 Å². The predicted octanol–water partition coefficient (Wildman–Crippen LogP) is 4.61. The van der Waals surface area contributed by atoms with Crippen LogP contribution in [0.5, 0.6) is 0 Å². The van der Waals surface area contributed by atoms with Gasteiger partial charge in [-0.05, 0) is 25.1 Å². The molecule has 0 spiro atoms. The van der Waals surface area contributed by atoms with E-state index in [1.54, 1.807) is 12.4 Å². The fourth-order valence-electron chi connectivity index (χ4n) is 2.90. The fourth-order valence-corrected chi connectivity index (χ4v) is 2.90. The van der Waals surface area contributed by atoms with E-state index in [1.807, 2.05) is 61.5 Å². The van der Waals surface area contributed by atoms with Crippen LogP contribution in [0, 0.1) is 6.92 Å². The van der Waals surface area contributed by atoms with Crippen molar-refractivity contribution in [1.82, 2.24) is 15.2 Å². The lowest BCUT2D eigenvalue weighted by molar-refractivity contribution is -0.116. The van der Waals surface area contributed by atoms with Crippen LogP contribution in [0.1, 0.15) is 17.9 Å². The van der Waals surface area contributed by atoms with Crippen molar-refractivity contribution in [3.63, 3.8) is 0 Å². The van der Waals surface area contributed by atoms with Crippen molar-refractivity contribution in [2.24, 2.45) is 0 Å². The van der Waals surface area contributed by atoms with Gasteiger partial charge in [-0.25, -0.2) is 4.98 Å². The van der Waals surface area contributed by atoms with E-state index in [4.69, 9.17) is 4.42 Å². The third-order valence-corrected chi connectivity index (χ3v) is 4.41. The zero-order chi connectivity index (χ0) is 19.3. The second-order valence-electron chi connectivity index (χ2n) is 6.58. The SMILES string of the molecule is Cc1ccc(-c2cnc(CCC(=O)Nc3cccc(-c4ccn[nH]4)c3)o2)cc1. The monoisotopic (exact) mass is 372 g/mol. The number of hydrogen-bond donors (Lipinski definition) is 2. The topological polar surface area (TPSA) is 83.8 Å². The van der Waals surface area contributed by atoms with E-state index in [9.17, 15) is 4.79 Å². The van der Waals surface area contributed by atoms with E-state index in [0.29, 0.717) is 24.5 Å². The van der Waals surface area contributed by atoms with Crippen LogP contribution in [0.4, 0.5) is 5.69 Å². The highest BCUT2D eigenvalue weighted by molar-refractivity contribution is 5.91. The number of amides is 1. The summed E-state index contributed by atoms with van der Waals surface area (Å²) < 4.78 is 5.78. The van der Waals surface area contributed by atoms with E-state index in [2.05, 4.69) is 20.5 Å². The lowest BCUT2D eigenvalue weighted by Crippen LogP contribution is -2.12. The van der Waals surface area contributed by atoms with Crippen molar-refractivity contribution < 1.29 is 9.21 Å². The van der Waals surface area contributed by atoms with Crippen molar-refractivity contribution in [2.45, 2.75) is 19.8 Å². The Bertz CT molecular complexity index is 1070. The van der Waals surface area contributed by atoms with E-state index >= 15 is 0 Å². The van der Waals surface area contributed by atoms with Crippen LogP contribution < -0.4 is 5.32 Å². The molecule has 0 aliphatic rings. The van der Waals surface area contributed by atoms with Crippen LogP contribution in [0.3, 0.4) is 0 Å². The largest absolute Gasteiger partial charge is 0.441 e. The number of benzene rings is 2. The summed E-state index contributed by atoms with van der Waals surface area (Å²) in [7, 11) is 0. The minimum absolute atomic E-state index is 0.0863. The molecule has 0 aliphatic heterocycles. The molecule has 0 atom stereocenters. The maximum Gasteiger partial charge on any atom is 0.224 e. The van der Waals surface area contributed by atoms with Gasteiger partial charge in [0.2, 0.25) is 5.91 Å². The van der Waals surface area contributed by atoms with Gasteiger partial charge in [0, 0.05) is 35.9 Å². The van der Waals surface area contributed by atoms with Crippen molar-refractivity contribution >= 4 is 11.6 Å². The second-order valence-corrected chi connectivity index (χ2v) is 6.58. The molecule has 4 aromatic rings. The Kier molecular flexibility index (Phi) is 5.01. The van der Waals surface area contributed by atoms with E-state index in [-0.39, 0.29) is 5.91 Å². The molecule has 0 saturated heterocycles. The van der Waals surface area contributed by atoms with E-state index < -0.39 is 0 Å². The van der Waals surface area contributed by atoms with Gasteiger partial charge in [0.25, 0.3) is 0 Å². The number of aromatic nitrogens is 3. The zero-order valence-electron chi connectivity index (χ0n) is 15.5. The smallest absolute Gasteiger partial charge is 0.224 e.